The molecule has 0 unspecified atom stereocenters. The van der Waals surface area contributed by atoms with Gasteiger partial charge in [0, 0.05) is 36.9 Å². The van der Waals surface area contributed by atoms with Crippen LogP contribution in [0.2, 0.25) is 0 Å². The van der Waals surface area contributed by atoms with Crippen LogP contribution in [0, 0.1) is 5.82 Å². The molecule has 1 fully saturated rings. The number of nitrogens with one attached hydrogen (secondary N) is 1. The minimum absolute atomic E-state index is 0.0128. The summed E-state index contributed by atoms with van der Waals surface area (Å²) < 4.78 is 15.0. The molecule has 1 aromatic heterocycles. The quantitative estimate of drug-likeness (QED) is 0.860. The molecule has 25 heavy (non-hydrogen) atoms. The minimum atomic E-state index is -0.300. The van der Waals surface area contributed by atoms with Crippen molar-refractivity contribution in [3.63, 3.8) is 0 Å². The van der Waals surface area contributed by atoms with Gasteiger partial charge in [0.15, 0.2) is 0 Å². The fourth-order valence-corrected chi connectivity index (χ4v) is 3.20. The number of nitrogens with two attached hydrogens (primary N) is 1. The number of hydrogen-bond donors (Lipinski definition) is 2. The van der Waals surface area contributed by atoms with Gasteiger partial charge in [-0.05, 0) is 38.5 Å². The second-order valence-corrected chi connectivity index (χ2v) is 6.88. The number of carbonyl (C=O) groups is 1. The molecule has 0 aliphatic carbocycles. The first-order valence-corrected chi connectivity index (χ1v) is 8.52. The van der Waals surface area contributed by atoms with Crippen LogP contribution in [0.1, 0.15) is 25.8 Å². The average Bonchev–Trinajstić information content (AvgIpc) is 3.14. The minimum Gasteiger partial charge on any atom is -0.353 e. The van der Waals surface area contributed by atoms with Crippen LogP contribution in [0.4, 0.5) is 4.39 Å². The van der Waals surface area contributed by atoms with E-state index in [9.17, 15) is 9.18 Å². The number of hydrogen-bond acceptors (Lipinski definition) is 4. The molecule has 1 amide bonds. The van der Waals surface area contributed by atoms with E-state index >= 15 is 0 Å². The Labute approximate surface area is 146 Å². The van der Waals surface area contributed by atoms with Gasteiger partial charge in [0.25, 0.3) is 0 Å². The summed E-state index contributed by atoms with van der Waals surface area (Å²) in [6, 6.07) is 6.14. The molecular weight excluding hydrogens is 321 g/mol. The van der Waals surface area contributed by atoms with Crippen LogP contribution in [0.5, 0.6) is 0 Å². The zero-order valence-electron chi connectivity index (χ0n) is 14.5. The zero-order chi connectivity index (χ0) is 18.0. The van der Waals surface area contributed by atoms with Gasteiger partial charge in [-0.25, -0.2) is 9.07 Å². The number of rotatable bonds is 5. The molecule has 134 valence electrons. The highest BCUT2D eigenvalue weighted by molar-refractivity contribution is 5.82. The Morgan fingerprint density at radius 2 is 2.28 bits per heavy atom. The lowest BCUT2D eigenvalue weighted by molar-refractivity contribution is -0.126. The van der Waals surface area contributed by atoms with Crippen LogP contribution in [0.15, 0.2) is 36.7 Å². The van der Waals surface area contributed by atoms with E-state index in [1.165, 1.54) is 12.1 Å². The van der Waals surface area contributed by atoms with E-state index in [1.807, 2.05) is 20.0 Å². The van der Waals surface area contributed by atoms with E-state index < -0.39 is 0 Å². The Morgan fingerprint density at radius 3 is 3.00 bits per heavy atom. The first-order chi connectivity index (χ1) is 11.9. The van der Waals surface area contributed by atoms with Crippen molar-refractivity contribution in [3.05, 3.63) is 48.0 Å². The van der Waals surface area contributed by atoms with Crippen molar-refractivity contribution >= 4 is 5.91 Å². The summed E-state index contributed by atoms with van der Waals surface area (Å²) in [6.07, 6.45) is 4.25. The Kier molecular flexibility index (Phi) is 5.15. The van der Waals surface area contributed by atoms with Crippen molar-refractivity contribution in [2.75, 3.05) is 6.54 Å². The molecule has 3 N–H and O–H groups in total. The highest BCUT2D eigenvalue weighted by Gasteiger charge is 2.35. The first-order valence-electron chi connectivity index (χ1n) is 8.52. The van der Waals surface area contributed by atoms with Gasteiger partial charge in [-0.15, -0.1) is 0 Å². The molecule has 6 nitrogen and oxygen atoms in total. The van der Waals surface area contributed by atoms with Gasteiger partial charge >= 0.3 is 0 Å². The number of nitrogens with zero attached hydrogens (tertiary/aromatic N) is 3. The van der Waals surface area contributed by atoms with Crippen molar-refractivity contribution in [2.45, 2.75) is 44.9 Å². The van der Waals surface area contributed by atoms with Crippen LogP contribution in [0.3, 0.4) is 0 Å². The Bertz CT molecular complexity index is 745. The maximum Gasteiger partial charge on any atom is 0.237 e. The zero-order valence-corrected chi connectivity index (χ0v) is 14.5. The molecule has 1 aliphatic rings. The Hall–Kier alpha value is -2.25. The van der Waals surface area contributed by atoms with Crippen LogP contribution >= 0.6 is 0 Å². The molecular formula is C18H24FN5O. The lowest BCUT2D eigenvalue weighted by Crippen LogP contribution is -2.45. The highest BCUT2D eigenvalue weighted by atomic mass is 19.1. The van der Waals surface area contributed by atoms with Crippen LogP contribution in [-0.4, -0.2) is 45.3 Å². The standard InChI is InChI=1S/C18H24FN5O/c1-12(2)22-18(25)17-7-15(20)11-23(17)9-13-8-21-24(10-13)16-5-3-4-14(19)6-16/h3-6,8,10,12,15,17H,7,9,11,20H2,1-2H3,(H,22,25)/t15-,17-/m0/s1. The highest BCUT2D eigenvalue weighted by Crippen LogP contribution is 2.20. The number of aromatic nitrogens is 2. The fraction of sp³-hybridized carbons (Fsp3) is 0.444. The van der Waals surface area contributed by atoms with Crippen molar-refractivity contribution in [2.24, 2.45) is 5.73 Å². The lowest BCUT2D eigenvalue weighted by Gasteiger charge is -2.23. The van der Waals surface area contributed by atoms with E-state index in [2.05, 4.69) is 15.3 Å². The van der Waals surface area contributed by atoms with Crippen molar-refractivity contribution in [1.29, 1.82) is 0 Å². The van der Waals surface area contributed by atoms with Gasteiger partial charge < -0.3 is 11.1 Å². The van der Waals surface area contributed by atoms with Crippen molar-refractivity contribution < 1.29 is 9.18 Å². The van der Waals surface area contributed by atoms with Gasteiger partial charge in [0.1, 0.15) is 5.82 Å². The number of carbonyl (C=O) groups excluding carboxylic acids is 1. The van der Waals surface area contributed by atoms with E-state index in [4.69, 9.17) is 5.73 Å². The SMILES string of the molecule is CC(C)NC(=O)[C@@H]1C[C@H](N)CN1Cc1cnn(-c2cccc(F)c2)c1. The topological polar surface area (TPSA) is 76.2 Å². The normalized spacial score (nSPS) is 21.0. The van der Waals surface area contributed by atoms with Gasteiger partial charge in [-0.3, -0.25) is 9.69 Å². The van der Waals surface area contributed by atoms with Crippen molar-refractivity contribution in [1.82, 2.24) is 20.0 Å². The van der Waals surface area contributed by atoms with Crippen LogP contribution in [0.25, 0.3) is 5.69 Å². The molecule has 0 radical (unpaired) electrons. The fourth-order valence-electron chi connectivity index (χ4n) is 3.20. The van der Waals surface area contributed by atoms with E-state index in [-0.39, 0.29) is 29.8 Å². The lowest BCUT2D eigenvalue weighted by atomic mass is 10.1. The molecule has 0 bridgehead atoms. The monoisotopic (exact) mass is 345 g/mol. The van der Waals surface area contributed by atoms with Gasteiger partial charge in [0.05, 0.1) is 17.9 Å². The first kappa shape index (κ1) is 17.6. The third kappa shape index (κ3) is 4.24. The number of halogens is 1. The summed E-state index contributed by atoms with van der Waals surface area (Å²) in [6.45, 7) is 5.14. The molecule has 0 spiro atoms. The van der Waals surface area contributed by atoms with Crippen molar-refractivity contribution in [3.8, 4) is 5.69 Å². The predicted molar refractivity (Wildman–Crippen MR) is 93.6 cm³/mol. The Morgan fingerprint density at radius 1 is 1.48 bits per heavy atom. The maximum atomic E-state index is 13.4. The maximum absolute atomic E-state index is 13.4. The number of benzene rings is 1. The third-order valence-electron chi connectivity index (χ3n) is 4.26. The summed E-state index contributed by atoms with van der Waals surface area (Å²) in [5.74, 6) is -0.286. The molecule has 1 aromatic carbocycles. The second kappa shape index (κ2) is 7.33. The summed E-state index contributed by atoms with van der Waals surface area (Å²) in [4.78, 5) is 14.5. The second-order valence-electron chi connectivity index (χ2n) is 6.88. The summed E-state index contributed by atoms with van der Waals surface area (Å²) >= 11 is 0. The smallest absolute Gasteiger partial charge is 0.237 e. The average molecular weight is 345 g/mol. The summed E-state index contributed by atoms with van der Waals surface area (Å²) in [5, 5.41) is 7.26. The molecule has 1 saturated heterocycles. The predicted octanol–water partition coefficient (Wildman–Crippen LogP) is 1.44. The molecule has 0 saturated carbocycles. The largest absolute Gasteiger partial charge is 0.353 e. The van der Waals surface area contributed by atoms with Gasteiger partial charge in [-0.1, -0.05) is 6.07 Å². The molecule has 2 heterocycles. The summed E-state index contributed by atoms with van der Waals surface area (Å²) in [7, 11) is 0. The van der Waals surface area contributed by atoms with Gasteiger partial charge in [-0.2, -0.15) is 5.10 Å². The van der Waals surface area contributed by atoms with Crippen LogP contribution < -0.4 is 11.1 Å². The van der Waals surface area contributed by atoms with E-state index in [1.54, 1.807) is 23.0 Å². The van der Waals surface area contributed by atoms with Crippen LogP contribution in [-0.2, 0) is 11.3 Å². The number of likely N-dealkylation sites (tertiary alicyclic amines) is 1. The molecule has 2 atom stereocenters. The third-order valence-corrected chi connectivity index (χ3v) is 4.26. The molecule has 1 aliphatic heterocycles. The number of amides is 1. The molecule has 2 aromatic rings. The van der Waals surface area contributed by atoms with E-state index in [0.717, 1.165) is 5.56 Å². The molecule has 3 rings (SSSR count). The van der Waals surface area contributed by atoms with Gasteiger partial charge in [0.2, 0.25) is 5.91 Å². The Balaban J connectivity index is 1.72. The molecule has 7 heteroatoms. The van der Waals surface area contributed by atoms with E-state index in [0.29, 0.717) is 25.2 Å². The summed E-state index contributed by atoms with van der Waals surface area (Å²) in [5.41, 5.74) is 7.69.